The lowest BCUT2D eigenvalue weighted by atomic mass is 10.1. The first-order chi connectivity index (χ1) is 12.5. The van der Waals surface area contributed by atoms with Gasteiger partial charge in [-0.2, -0.15) is 0 Å². The van der Waals surface area contributed by atoms with Gasteiger partial charge in [0.05, 0.1) is 11.3 Å². The first-order valence-corrected chi connectivity index (χ1v) is 9.20. The van der Waals surface area contributed by atoms with Crippen molar-refractivity contribution >= 4 is 29.1 Å². The number of carbonyl (C=O) groups excluding carboxylic acids is 2. The van der Waals surface area contributed by atoms with Crippen LogP contribution in [0.3, 0.4) is 0 Å². The number of hydrogen-bond donors (Lipinski definition) is 3. The van der Waals surface area contributed by atoms with Crippen LogP contribution >= 0.6 is 11.6 Å². The average Bonchev–Trinajstić information content (AvgIpc) is 3.44. The molecule has 0 saturated heterocycles. The summed E-state index contributed by atoms with van der Waals surface area (Å²) in [7, 11) is 0. The van der Waals surface area contributed by atoms with Crippen molar-refractivity contribution < 1.29 is 14.9 Å². The van der Waals surface area contributed by atoms with Gasteiger partial charge >= 0.3 is 0 Å². The minimum absolute atomic E-state index is 0.0582. The van der Waals surface area contributed by atoms with Crippen molar-refractivity contribution in [2.75, 3.05) is 11.9 Å². The van der Waals surface area contributed by atoms with E-state index in [1.165, 1.54) is 0 Å². The summed E-state index contributed by atoms with van der Waals surface area (Å²) >= 11 is 6.20. The van der Waals surface area contributed by atoms with Gasteiger partial charge in [-0.3, -0.25) is 9.59 Å². The molecule has 5 nitrogen and oxygen atoms in total. The molecule has 0 aromatic heterocycles. The van der Waals surface area contributed by atoms with Gasteiger partial charge < -0.3 is 16.0 Å². The van der Waals surface area contributed by atoms with Crippen LogP contribution in [0.2, 0.25) is 5.02 Å². The number of anilines is 1. The predicted molar refractivity (Wildman–Crippen MR) is 102 cm³/mol. The number of carbonyl (C=O) groups is 2. The third-order valence-electron chi connectivity index (χ3n) is 4.41. The molecular weight excluding hydrogens is 350 g/mol. The van der Waals surface area contributed by atoms with Crippen LogP contribution in [0.25, 0.3) is 0 Å². The molecule has 26 heavy (non-hydrogen) atoms. The maximum absolute atomic E-state index is 12.3. The Balaban J connectivity index is 1.58. The van der Waals surface area contributed by atoms with Crippen LogP contribution < -0.4 is 16.0 Å². The number of para-hydroxylation sites is 1. The highest BCUT2D eigenvalue weighted by Gasteiger charge is 2.25. The molecule has 0 spiro atoms. The Bertz CT molecular complexity index is 805. The third kappa shape index (κ3) is 4.84. The van der Waals surface area contributed by atoms with E-state index in [-0.39, 0.29) is 30.4 Å². The number of quaternary nitrogens is 1. The van der Waals surface area contributed by atoms with Gasteiger partial charge in [0.15, 0.2) is 6.54 Å². The lowest BCUT2D eigenvalue weighted by Gasteiger charge is -2.14. The molecule has 2 aromatic carbocycles. The molecule has 1 fully saturated rings. The molecule has 136 valence electrons. The van der Waals surface area contributed by atoms with Crippen LogP contribution in [-0.2, 0) is 4.79 Å². The molecule has 1 saturated carbocycles. The minimum Gasteiger partial charge on any atom is -0.349 e. The number of rotatable bonds is 7. The number of hydrogen-bond acceptors (Lipinski definition) is 2. The van der Waals surface area contributed by atoms with E-state index >= 15 is 0 Å². The number of benzene rings is 2. The van der Waals surface area contributed by atoms with Gasteiger partial charge in [0.2, 0.25) is 0 Å². The van der Waals surface area contributed by atoms with Gasteiger partial charge in [-0.05, 0) is 38.0 Å². The zero-order chi connectivity index (χ0) is 18.5. The summed E-state index contributed by atoms with van der Waals surface area (Å²) in [6.07, 6.45) is 2.05. The second kappa shape index (κ2) is 8.34. The van der Waals surface area contributed by atoms with Gasteiger partial charge in [-0.1, -0.05) is 41.9 Å². The SMILES string of the molecule is C[C@H]([NH2+]CC(=O)Nc1ccccc1C(=O)NC1CC1)c1ccccc1Cl. The van der Waals surface area contributed by atoms with Gasteiger partial charge in [-0.15, -0.1) is 0 Å². The van der Waals surface area contributed by atoms with E-state index < -0.39 is 0 Å². The molecule has 0 heterocycles. The number of nitrogens with two attached hydrogens (primary N) is 1. The lowest BCUT2D eigenvalue weighted by molar-refractivity contribution is -0.682. The van der Waals surface area contributed by atoms with Crippen molar-refractivity contribution in [3.63, 3.8) is 0 Å². The average molecular weight is 373 g/mol. The van der Waals surface area contributed by atoms with Gasteiger partial charge in [0, 0.05) is 16.6 Å². The van der Waals surface area contributed by atoms with E-state index in [0.717, 1.165) is 18.4 Å². The summed E-state index contributed by atoms with van der Waals surface area (Å²) in [5, 5.41) is 8.40. The van der Waals surface area contributed by atoms with E-state index in [0.29, 0.717) is 16.3 Å². The van der Waals surface area contributed by atoms with Crippen molar-refractivity contribution in [1.29, 1.82) is 0 Å². The molecule has 2 aromatic rings. The standard InChI is InChI=1S/C20H22ClN3O2/c1-13(15-6-2-4-8-17(15)21)22-12-19(25)24-18-9-5-3-7-16(18)20(26)23-14-10-11-14/h2-9,13-14,22H,10-12H2,1H3,(H,23,26)(H,24,25)/p+1/t13-/m0/s1. The van der Waals surface area contributed by atoms with E-state index in [4.69, 9.17) is 11.6 Å². The summed E-state index contributed by atoms with van der Waals surface area (Å²) in [4.78, 5) is 24.6. The fourth-order valence-corrected chi connectivity index (χ4v) is 3.05. The Labute approximate surface area is 158 Å². The normalized spacial score (nSPS) is 14.5. The molecule has 0 aliphatic heterocycles. The molecule has 2 amide bonds. The van der Waals surface area contributed by atoms with Crippen molar-refractivity contribution in [2.24, 2.45) is 0 Å². The monoisotopic (exact) mass is 372 g/mol. The van der Waals surface area contributed by atoms with Crippen molar-refractivity contribution in [3.8, 4) is 0 Å². The Kier molecular flexibility index (Phi) is 5.91. The highest BCUT2D eigenvalue weighted by molar-refractivity contribution is 6.31. The molecule has 0 unspecified atom stereocenters. The van der Waals surface area contributed by atoms with Gasteiger partial charge in [0.1, 0.15) is 6.04 Å². The summed E-state index contributed by atoms with van der Waals surface area (Å²) < 4.78 is 0. The van der Waals surface area contributed by atoms with Crippen molar-refractivity contribution in [1.82, 2.24) is 5.32 Å². The summed E-state index contributed by atoms with van der Waals surface area (Å²) in [6.45, 7) is 2.25. The van der Waals surface area contributed by atoms with E-state index in [9.17, 15) is 9.59 Å². The number of amides is 2. The minimum atomic E-state index is -0.157. The Hall–Kier alpha value is -2.37. The molecule has 1 atom stereocenters. The van der Waals surface area contributed by atoms with Gasteiger partial charge in [-0.25, -0.2) is 0 Å². The van der Waals surface area contributed by atoms with Crippen LogP contribution in [0, 0.1) is 0 Å². The first kappa shape index (κ1) is 18.4. The number of nitrogens with one attached hydrogen (secondary N) is 2. The van der Waals surface area contributed by atoms with E-state index in [2.05, 4.69) is 10.6 Å². The third-order valence-corrected chi connectivity index (χ3v) is 4.76. The van der Waals surface area contributed by atoms with Crippen LogP contribution in [0.5, 0.6) is 0 Å². The fraction of sp³-hybridized carbons (Fsp3) is 0.300. The maximum atomic E-state index is 12.3. The fourth-order valence-electron chi connectivity index (χ4n) is 2.74. The van der Waals surface area contributed by atoms with Crippen LogP contribution in [0.15, 0.2) is 48.5 Å². The van der Waals surface area contributed by atoms with E-state index in [1.54, 1.807) is 24.3 Å². The number of halogens is 1. The summed E-state index contributed by atoms with van der Waals surface area (Å²) in [5.41, 5.74) is 2.02. The van der Waals surface area contributed by atoms with Crippen LogP contribution in [0.1, 0.15) is 41.7 Å². The second-order valence-electron chi connectivity index (χ2n) is 6.59. The molecule has 4 N–H and O–H groups in total. The first-order valence-electron chi connectivity index (χ1n) is 8.82. The van der Waals surface area contributed by atoms with Crippen molar-refractivity contribution in [3.05, 3.63) is 64.7 Å². The Morgan fingerprint density at radius 3 is 2.58 bits per heavy atom. The zero-order valence-corrected chi connectivity index (χ0v) is 15.4. The molecular formula is C20H23ClN3O2+. The highest BCUT2D eigenvalue weighted by atomic mass is 35.5. The molecule has 1 aliphatic carbocycles. The smallest absolute Gasteiger partial charge is 0.279 e. The van der Waals surface area contributed by atoms with Crippen molar-refractivity contribution in [2.45, 2.75) is 31.8 Å². The van der Waals surface area contributed by atoms with Crippen LogP contribution in [-0.4, -0.2) is 24.4 Å². The molecule has 0 bridgehead atoms. The molecule has 1 aliphatic rings. The predicted octanol–water partition coefficient (Wildman–Crippen LogP) is 2.50. The summed E-state index contributed by atoms with van der Waals surface area (Å²) in [5.74, 6) is -0.299. The quantitative estimate of drug-likeness (QED) is 0.698. The highest BCUT2D eigenvalue weighted by Crippen LogP contribution is 2.22. The molecule has 0 radical (unpaired) electrons. The van der Waals surface area contributed by atoms with Crippen LogP contribution in [0.4, 0.5) is 5.69 Å². The zero-order valence-electron chi connectivity index (χ0n) is 14.7. The largest absolute Gasteiger partial charge is 0.349 e. The molecule has 3 rings (SSSR count). The Morgan fingerprint density at radius 1 is 1.15 bits per heavy atom. The topological polar surface area (TPSA) is 74.8 Å². The second-order valence-corrected chi connectivity index (χ2v) is 7.00. The van der Waals surface area contributed by atoms with E-state index in [1.807, 2.05) is 36.5 Å². The molecule has 6 heteroatoms. The van der Waals surface area contributed by atoms with Gasteiger partial charge in [0.25, 0.3) is 11.8 Å². The summed E-state index contributed by atoms with van der Waals surface area (Å²) in [6, 6.07) is 15.0. The maximum Gasteiger partial charge on any atom is 0.279 e. The Morgan fingerprint density at radius 2 is 1.85 bits per heavy atom. The lowest BCUT2D eigenvalue weighted by Crippen LogP contribution is -2.86.